The van der Waals surface area contributed by atoms with Crippen LogP contribution in [-0.2, 0) is 4.79 Å². The maximum absolute atomic E-state index is 11.0. The molecule has 14 heavy (non-hydrogen) atoms. The van der Waals surface area contributed by atoms with Gasteiger partial charge in [-0.25, -0.2) is 9.59 Å². The number of carbonyl (C=O) groups excluding carboxylic acids is 1. The van der Waals surface area contributed by atoms with Crippen LogP contribution in [0.1, 0.15) is 12.8 Å². The summed E-state index contributed by atoms with van der Waals surface area (Å²) in [6.45, 7) is 0.348. The van der Waals surface area contributed by atoms with E-state index in [4.69, 9.17) is 10.2 Å². The van der Waals surface area contributed by atoms with Crippen molar-refractivity contribution < 1.29 is 19.8 Å². The molecule has 0 saturated heterocycles. The maximum atomic E-state index is 11.0. The van der Waals surface area contributed by atoms with Crippen LogP contribution in [0.4, 0.5) is 4.79 Å². The van der Waals surface area contributed by atoms with Crippen LogP contribution < -0.4 is 10.6 Å². The van der Waals surface area contributed by atoms with E-state index in [1.165, 1.54) is 0 Å². The summed E-state index contributed by atoms with van der Waals surface area (Å²) < 4.78 is 0. The number of carboxylic acids is 1. The third-order valence-corrected chi connectivity index (χ3v) is 1.99. The van der Waals surface area contributed by atoms with Crippen molar-refractivity contribution in [1.29, 1.82) is 0 Å². The Morgan fingerprint density at radius 2 is 2.00 bits per heavy atom. The zero-order valence-electron chi connectivity index (χ0n) is 7.69. The molecule has 0 aromatic rings. The van der Waals surface area contributed by atoms with Gasteiger partial charge in [0, 0.05) is 6.54 Å². The van der Waals surface area contributed by atoms with Crippen molar-refractivity contribution >= 4 is 12.0 Å². The molecule has 0 spiro atoms. The first-order valence-corrected chi connectivity index (χ1v) is 4.52. The fourth-order valence-corrected chi connectivity index (χ4v) is 0.898. The van der Waals surface area contributed by atoms with Crippen molar-refractivity contribution in [3.8, 4) is 0 Å². The number of aliphatic hydroxyl groups is 1. The second-order valence-electron chi connectivity index (χ2n) is 3.39. The lowest BCUT2D eigenvalue weighted by Gasteiger charge is -2.08. The van der Waals surface area contributed by atoms with Gasteiger partial charge in [-0.05, 0) is 18.8 Å². The molecule has 1 atom stereocenters. The van der Waals surface area contributed by atoms with E-state index < -0.39 is 18.1 Å². The first-order valence-electron chi connectivity index (χ1n) is 4.52. The van der Waals surface area contributed by atoms with Crippen molar-refractivity contribution in [3.05, 3.63) is 0 Å². The Morgan fingerprint density at radius 3 is 2.50 bits per heavy atom. The predicted molar refractivity (Wildman–Crippen MR) is 47.8 cm³/mol. The molecule has 1 saturated carbocycles. The van der Waals surface area contributed by atoms with Gasteiger partial charge in [-0.15, -0.1) is 0 Å². The van der Waals surface area contributed by atoms with Crippen LogP contribution >= 0.6 is 0 Å². The molecule has 0 bridgehead atoms. The highest BCUT2D eigenvalue weighted by molar-refractivity contribution is 5.76. The number of carboxylic acid groups (broad SMARTS) is 1. The molecule has 6 nitrogen and oxygen atoms in total. The zero-order valence-corrected chi connectivity index (χ0v) is 7.69. The van der Waals surface area contributed by atoms with Gasteiger partial charge in [-0.3, -0.25) is 0 Å². The van der Waals surface area contributed by atoms with E-state index in [-0.39, 0.29) is 6.54 Å². The molecule has 1 rings (SSSR count). The molecule has 1 fully saturated rings. The Hall–Kier alpha value is -1.30. The molecular weight excluding hydrogens is 188 g/mol. The lowest BCUT2D eigenvalue weighted by molar-refractivity contribution is -0.146. The number of urea groups is 1. The van der Waals surface area contributed by atoms with Gasteiger partial charge < -0.3 is 20.8 Å². The van der Waals surface area contributed by atoms with Crippen LogP contribution in [-0.4, -0.2) is 41.4 Å². The van der Waals surface area contributed by atoms with E-state index in [1.807, 2.05) is 0 Å². The number of nitrogens with one attached hydrogen (secondary N) is 2. The third-order valence-electron chi connectivity index (χ3n) is 1.99. The molecule has 0 aromatic carbocycles. The Morgan fingerprint density at radius 1 is 1.36 bits per heavy atom. The Bertz CT molecular complexity index is 227. The Kier molecular flexibility index (Phi) is 3.70. The minimum Gasteiger partial charge on any atom is -0.479 e. The van der Waals surface area contributed by atoms with Gasteiger partial charge in [0.2, 0.25) is 0 Å². The summed E-state index contributed by atoms with van der Waals surface area (Å²) in [5.41, 5.74) is 0. The second kappa shape index (κ2) is 4.80. The SMILES string of the molecule is O=C(NCC1CC1)NC[C@H](O)C(=O)O. The molecule has 0 unspecified atom stereocenters. The number of aliphatic hydroxyl groups excluding tert-OH is 1. The maximum Gasteiger partial charge on any atom is 0.334 e. The summed E-state index contributed by atoms with van der Waals surface area (Å²) in [4.78, 5) is 21.1. The summed E-state index contributed by atoms with van der Waals surface area (Å²) in [6.07, 6.45) is 0.734. The summed E-state index contributed by atoms with van der Waals surface area (Å²) >= 11 is 0. The van der Waals surface area contributed by atoms with Crippen molar-refractivity contribution in [1.82, 2.24) is 10.6 Å². The number of hydrogen-bond donors (Lipinski definition) is 4. The molecule has 1 aliphatic rings. The summed E-state index contributed by atoms with van der Waals surface area (Å²) in [7, 11) is 0. The average Bonchev–Trinajstić information content (AvgIpc) is 2.94. The van der Waals surface area contributed by atoms with Crippen LogP contribution in [0.25, 0.3) is 0 Å². The lowest BCUT2D eigenvalue weighted by atomic mass is 10.3. The largest absolute Gasteiger partial charge is 0.479 e. The molecule has 80 valence electrons. The van der Waals surface area contributed by atoms with Crippen LogP contribution in [0.5, 0.6) is 0 Å². The fraction of sp³-hybridized carbons (Fsp3) is 0.750. The molecular formula is C8H14N2O4. The van der Waals surface area contributed by atoms with Gasteiger partial charge in [-0.1, -0.05) is 0 Å². The van der Waals surface area contributed by atoms with E-state index in [2.05, 4.69) is 10.6 Å². The first kappa shape index (κ1) is 10.8. The Labute approximate surface area is 81.3 Å². The smallest absolute Gasteiger partial charge is 0.334 e. The molecule has 0 aromatic heterocycles. The quantitative estimate of drug-likeness (QED) is 0.466. The van der Waals surface area contributed by atoms with E-state index in [1.54, 1.807) is 0 Å². The number of rotatable bonds is 5. The van der Waals surface area contributed by atoms with Crippen LogP contribution in [0.15, 0.2) is 0 Å². The lowest BCUT2D eigenvalue weighted by Crippen LogP contribution is -2.42. The third kappa shape index (κ3) is 4.08. The predicted octanol–water partition coefficient (Wildman–Crippen LogP) is -0.859. The highest BCUT2D eigenvalue weighted by atomic mass is 16.4. The molecule has 6 heteroatoms. The molecule has 0 heterocycles. The van der Waals surface area contributed by atoms with E-state index in [9.17, 15) is 9.59 Å². The van der Waals surface area contributed by atoms with E-state index in [0.717, 1.165) is 12.8 Å². The average molecular weight is 202 g/mol. The zero-order chi connectivity index (χ0) is 10.6. The van der Waals surface area contributed by atoms with Crippen LogP contribution in [0.2, 0.25) is 0 Å². The monoisotopic (exact) mass is 202 g/mol. The molecule has 1 aliphatic carbocycles. The number of hydrogen-bond acceptors (Lipinski definition) is 3. The molecule has 4 N–H and O–H groups in total. The second-order valence-corrected chi connectivity index (χ2v) is 3.39. The van der Waals surface area contributed by atoms with Gasteiger partial charge in [-0.2, -0.15) is 0 Å². The number of carbonyl (C=O) groups is 2. The van der Waals surface area contributed by atoms with Gasteiger partial charge >= 0.3 is 12.0 Å². The molecule has 0 radical (unpaired) electrons. The van der Waals surface area contributed by atoms with Crippen LogP contribution in [0, 0.1) is 5.92 Å². The summed E-state index contributed by atoms with van der Waals surface area (Å²) in [5.74, 6) is -0.766. The topological polar surface area (TPSA) is 98.7 Å². The fourth-order valence-electron chi connectivity index (χ4n) is 0.898. The van der Waals surface area contributed by atoms with Crippen molar-refractivity contribution in [2.24, 2.45) is 5.92 Å². The minimum atomic E-state index is -1.54. The van der Waals surface area contributed by atoms with Gasteiger partial charge in [0.15, 0.2) is 6.10 Å². The first-order chi connectivity index (χ1) is 6.59. The highest BCUT2D eigenvalue weighted by Crippen LogP contribution is 2.27. The molecule has 0 aliphatic heterocycles. The Balaban J connectivity index is 2.04. The van der Waals surface area contributed by atoms with E-state index >= 15 is 0 Å². The van der Waals surface area contributed by atoms with Gasteiger partial charge in [0.05, 0.1) is 6.54 Å². The van der Waals surface area contributed by atoms with Gasteiger partial charge in [0.25, 0.3) is 0 Å². The number of aliphatic carboxylic acids is 1. The standard InChI is InChI=1S/C8H14N2O4/c11-6(7(12)13)4-10-8(14)9-3-5-1-2-5/h5-6,11H,1-4H2,(H,12,13)(H2,9,10,14)/t6-/m0/s1. The molecule has 2 amide bonds. The van der Waals surface area contributed by atoms with E-state index in [0.29, 0.717) is 12.5 Å². The highest BCUT2D eigenvalue weighted by Gasteiger charge is 2.21. The van der Waals surface area contributed by atoms with Crippen LogP contribution in [0.3, 0.4) is 0 Å². The number of amides is 2. The van der Waals surface area contributed by atoms with Gasteiger partial charge in [0.1, 0.15) is 0 Å². The van der Waals surface area contributed by atoms with Crippen molar-refractivity contribution in [3.63, 3.8) is 0 Å². The summed E-state index contributed by atoms with van der Waals surface area (Å²) in [5, 5.41) is 22.0. The van der Waals surface area contributed by atoms with Crippen molar-refractivity contribution in [2.75, 3.05) is 13.1 Å². The summed E-state index contributed by atoms with van der Waals surface area (Å²) in [6, 6.07) is -0.433. The van der Waals surface area contributed by atoms with Crippen molar-refractivity contribution in [2.45, 2.75) is 18.9 Å². The normalized spacial score (nSPS) is 17.2. The minimum absolute atomic E-state index is 0.272.